The fraction of sp³-hybridized carbons (Fsp3) is 0.405. The minimum Gasteiger partial charge on any atom is -1.00 e. The SMILES string of the molecule is CC1=CC(C)[C-]=C1.CC1=C[CH-]C(C)(C)c2cc3c(cc21)-c1cc2c(cc1C3)C(C)(C)CC=C2C.C[C](C)=[Zr+2].[Cl-].[Cl-]. The van der Waals surface area contributed by atoms with Gasteiger partial charge in [0, 0.05) is 0 Å². The zero-order valence-corrected chi connectivity index (χ0v) is 29.9. The molecule has 0 fully saturated rings. The van der Waals surface area contributed by atoms with Crippen molar-refractivity contribution in [2.75, 3.05) is 0 Å². The van der Waals surface area contributed by atoms with Crippen LogP contribution in [0.1, 0.15) is 109 Å². The standard InChI is InChI=1S/C27H29.C7H9.C3H6.2ClH.Zr/c1-16-7-9-26(3,4)24-12-18-11-19-13-25-21(17(2)8-10-27(25,5)6)15-23(19)22(18)14-20(16)24;1-6-3-4-7(2)5-6;1-3-2;;;/h7-9,12-15H,10-11H2,1-6H3;3,5,7H,1-2H3;1-2H3;2*1H;/q2*-1;;;;+2/p-2. The monoisotopic (exact) mass is 648 g/mol. The zero-order chi connectivity index (χ0) is 28.0. The van der Waals surface area contributed by atoms with Crippen molar-refractivity contribution in [2.24, 2.45) is 5.92 Å². The van der Waals surface area contributed by atoms with Gasteiger partial charge in [-0.2, -0.15) is 11.6 Å². The summed E-state index contributed by atoms with van der Waals surface area (Å²) >= 11 is 1.55. The van der Waals surface area contributed by atoms with Crippen molar-refractivity contribution in [2.45, 2.75) is 92.9 Å². The molecule has 0 bridgehead atoms. The molecule has 0 spiro atoms. The molecular weight excluding hydrogens is 607 g/mol. The second kappa shape index (κ2) is 13.3. The van der Waals surface area contributed by atoms with E-state index in [0.29, 0.717) is 5.92 Å². The van der Waals surface area contributed by atoms with E-state index in [4.69, 9.17) is 0 Å². The predicted molar refractivity (Wildman–Crippen MR) is 164 cm³/mol. The Morgan fingerprint density at radius 2 is 1.38 bits per heavy atom. The number of halogens is 2. The van der Waals surface area contributed by atoms with Crippen LogP contribution in [0.5, 0.6) is 0 Å². The molecule has 6 rings (SSSR count). The molecule has 0 heterocycles. The van der Waals surface area contributed by atoms with Crippen LogP contribution in [0.4, 0.5) is 0 Å². The normalized spacial score (nSPS) is 19.5. The maximum Gasteiger partial charge on any atom is -1.00 e. The summed E-state index contributed by atoms with van der Waals surface area (Å²) in [6.07, 6.45) is 16.7. The van der Waals surface area contributed by atoms with E-state index < -0.39 is 0 Å². The molecular formula is C37H44Cl2Zr-2. The van der Waals surface area contributed by atoms with E-state index in [-0.39, 0.29) is 35.6 Å². The van der Waals surface area contributed by atoms with Crippen LogP contribution in [0, 0.1) is 18.4 Å². The van der Waals surface area contributed by atoms with Gasteiger partial charge in [0.2, 0.25) is 0 Å². The van der Waals surface area contributed by atoms with Gasteiger partial charge in [-0.05, 0) is 70.2 Å². The van der Waals surface area contributed by atoms with Crippen molar-refractivity contribution in [3.8, 4) is 11.1 Å². The number of rotatable bonds is 0. The first kappa shape index (κ1) is 34.8. The Morgan fingerprint density at radius 1 is 0.850 bits per heavy atom. The number of fused-ring (bicyclic) bond motifs is 5. The Balaban J connectivity index is 0.000000366. The maximum atomic E-state index is 3.15. The second-order valence-electron chi connectivity index (χ2n) is 13.0. The molecule has 0 N–H and O–H groups in total. The molecule has 4 aliphatic carbocycles. The van der Waals surface area contributed by atoms with Crippen LogP contribution < -0.4 is 24.8 Å². The van der Waals surface area contributed by atoms with E-state index in [2.05, 4.69) is 124 Å². The van der Waals surface area contributed by atoms with Gasteiger partial charge in [-0.25, -0.2) is 24.1 Å². The summed E-state index contributed by atoms with van der Waals surface area (Å²) in [5.41, 5.74) is 16.3. The summed E-state index contributed by atoms with van der Waals surface area (Å²) in [5, 5.41) is 0. The third kappa shape index (κ3) is 7.32. The largest absolute Gasteiger partial charge is 1.00 e. The predicted octanol–water partition coefficient (Wildman–Crippen LogP) is 3.94. The van der Waals surface area contributed by atoms with E-state index in [1.165, 1.54) is 64.4 Å². The van der Waals surface area contributed by atoms with E-state index in [9.17, 15) is 0 Å². The Bertz CT molecular complexity index is 1320. The molecule has 2 aromatic carbocycles. The van der Waals surface area contributed by atoms with Crippen molar-refractivity contribution < 1.29 is 49.0 Å². The average Bonchev–Trinajstić information content (AvgIpc) is 3.38. The fourth-order valence-electron chi connectivity index (χ4n) is 5.93. The molecule has 212 valence electrons. The maximum absolute atomic E-state index is 3.15. The average molecular weight is 651 g/mol. The van der Waals surface area contributed by atoms with Gasteiger partial charge in [-0.1, -0.05) is 75.8 Å². The molecule has 1 unspecified atom stereocenters. The van der Waals surface area contributed by atoms with Crippen molar-refractivity contribution in [1.29, 1.82) is 0 Å². The van der Waals surface area contributed by atoms with Crippen molar-refractivity contribution in [3.05, 3.63) is 100 Å². The third-order valence-electron chi connectivity index (χ3n) is 8.19. The molecule has 0 saturated heterocycles. The Kier molecular flexibility index (Phi) is 11.6. The van der Waals surface area contributed by atoms with Crippen LogP contribution in [0.3, 0.4) is 0 Å². The van der Waals surface area contributed by atoms with Crippen molar-refractivity contribution in [1.82, 2.24) is 0 Å². The van der Waals surface area contributed by atoms with Gasteiger partial charge >= 0.3 is 41.3 Å². The minimum atomic E-state index is 0. The summed E-state index contributed by atoms with van der Waals surface area (Å²) in [6, 6.07) is 9.95. The number of hydrogen-bond acceptors (Lipinski definition) is 0. The van der Waals surface area contributed by atoms with Crippen LogP contribution >= 0.6 is 0 Å². The van der Waals surface area contributed by atoms with E-state index >= 15 is 0 Å². The van der Waals surface area contributed by atoms with E-state index in [0.717, 1.165) is 12.8 Å². The summed E-state index contributed by atoms with van der Waals surface area (Å²) in [4.78, 5) is 0. The van der Waals surface area contributed by atoms with E-state index in [1.807, 2.05) is 6.08 Å². The molecule has 40 heavy (non-hydrogen) atoms. The van der Waals surface area contributed by atoms with Crippen LogP contribution in [0.2, 0.25) is 0 Å². The van der Waals surface area contributed by atoms with Crippen LogP contribution in [0.25, 0.3) is 22.3 Å². The first-order valence-corrected chi connectivity index (χ1v) is 15.3. The molecule has 0 radical (unpaired) electrons. The zero-order valence-electron chi connectivity index (χ0n) is 25.9. The van der Waals surface area contributed by atoms with Gasteiger partial charge < -0.3 is 24.8 Å². The summed E-state index contributed by atoms with van der Waals surface area (Å²) < 4.78 is 1.51. The van der Waals surface area contributed by atoms with Crippen molar-refractivity contribution >= 4 is 14.4 Å². The number of hydrogen-bond donors (Lipinski definition) is 0. The van der Waals surface area contributed by atoms with Gasteiger partial charge in [-0.15, -0.1) is 19.4 Å². The number of benzene rings is 2. The second-order valence-corrected chi connectivity index (χ2v) is 15.5. The summed E-state index contributed by atoms with van der Waals surface area (Å²) in [7, 11) is 0. The van der Waals surface area contributed by atoms with Gasteiger partial charge in [0.15, 0.2) is 0 Å². The molecule has 2 aromatic rings. The molecule has 3 heteroatoms. The van der Waals surface area contributed by atoms with Crippen LogP contribution in [0.15, 0.2) is 54.1 Å². The van der Waals surface area contributed by atoms with Gasteiger partial charge in [0.25, 0.3) is 0 Å². The molecule has 0 saturated carbocycles. The topological polar surface area (TPSA) is 0 Å². The van der Waals surface area contributed by atoms with Gasteiger partial charge in [0.05, 0.1) is 0 Å². The minimum absolute atomic E-state index is 0. The molecule has 0 amide bonds. The number of allylic oxidation sites excluding steroid dienone is 8. The Morgan fingerprint density at radius 3 is 1.85 bits per heavy atom. The molecule has 4 aliphatic rings. The fourth-order valence-corrected chi connectivity index (χ4v) is 5.93. The molecule has 0 aliphatic heterocycles. The van der Waals surface area contributed by atoms with E-state index in [1.54, 1.807) is 24.2 Å². The first-order valence-electron chi connectivity index (χ1n) is 14.0. The summed E-state index contributed by atoms with van der Waals surface area (Å²) in [5.74, 6) is 0.556. The quantitative estimate of drug-likeness (QED) is 0.324. The molecule has 0 aromatic heterocycles. The molecule has 0 nitrogen and oxygen atoms in total. The molecule has 1 atom stereocenters. The first-order chi connectivity index (χ1) is 17.7. The third-order valence-corrected chi connectivity index (χ3v) is 8.19. The Hall–Kier alpha value is -1.40. The van der Waals surface area contributed by atoms with Crippen LogP contribution in [-0.2, 0) is 41.5 Å². The van der Waals surface area contributed by atoms with Crippen molar-refractivity contribution in [3.63, 3.8) is 0 Å². The Labute approximate surface area is 271 Å². The van der Waals surface area contributed by atoms with Gasteiger partial charge in [0.1, 0.15) is 0 Å². The smallest absolute Gasteiger partial charge is 1.00 e. The van der Waals surface area contributed by atoms with Crippen LogP contribution in [-0.4, -0.2) is 3.21 Å². The van der Waals surface area contributed by atoms with Gasteiger partial charge in [-0.3, -0.25) is 6.08 Å². The summed E-state index contributed by atoms with van der Waals surface area (Å²) in [6.45, 7) is 22.4.